The highest BCUT2D eigenvalue weighted by Gasteiger charge is 2.22. The number of nitrogens with one attached hydrogen (secondary N) is 1. The van der Waals surface area contributed by atoms with Gasteiger partial charge in [-0.05, 0) is 50.6 Å². The zero-order valence-corrected chi connectivity index (χ0v) is 12.9. The third kappa shape index (κ3) is 3.14. The molecule has 0 fully saturated rings. The van der Waals surface area contributed by atoms with E-state index in [1.807, 2.05) is 6.07 Å². The van der Waals surface area contributed by atoms with Crippen LogP contribution in [0.1, 0.15) is 29.9 Å². The molecule has 1 N–H and O–H groups in total. The molecule has 0 atom stereocenters. The molecule has 1 heterocycles. The third-order valence-corrected chi connectivity index (χ3v) is 3.27. The number of halogens is 1. The van der Waals surface area contributed by atoms with Crippen LogP contribution in [0.5, 0.6) is 0 Å². The summed E-state index contributed by atoms with van der Waals surface area (Å²) in [6.45, 7) is 4.90. The van der Waals surface area contributed by atoms with E-state index < -0.39 is 11.4 Å². The number of nitriles is 1. The summed E-state index contributed by atoms with van der Waals surface area (Å²) >= 11 is 0. The Labute approximate surface area is 128 Å². The van der Waals surface area contributed by atoms with Crippen molar-refractivity contribution in [3.63, 3.8) is 0 Å². The molecule has 0 aliphatic heterocycles. The van der Waals surface area contributed by atoms with Crippen LogP contribution in [-0.2, 0) is 7.05 Å². The van der Waals surface area contributed by atoms with Gasteiger partial charge in [-0.3, -0.25) is 9.48 Å². The first-order chi connectivity index (χ1) is 10.2. The van der Waals surface area contributed by atoms with Crippen LogP contribution in [0.2, 0.25) is 0 Å². The Morgan fingerprint density at radius 3 is 2.68 bits per heavy atom. The van der Waals surface area contributed by atoms with Crippen LogP contribution in [-0.4, -0.2) is 21.2 Å². The summed E-state index contributed by atoms with van der Waals surface area (Å²) in [7, 11) is 1.71. The van der Waals surface area contributed by atoms with Crippen LogP contribution in [0, 0.1) is 24.1 Å². The predicted molar refractivity (Wildman–Crippen MR) is 80.5 cm³/mol. The molecule has 0 aliphatic carbocycles. The van der Waals surface area contributed by atoms with E-state index in [0.29, 0.717) is 11.3 Å². The first-order valence-corrected chi connectivity index (χ1v) is 6.78. The summed E-state index contributed by atoms with van der Waals surface area (Å²) in [6, 6.07) is 8.35. The van der Waals surface area contributed by atoms with E-state index in [4.69, 9.17) is 5.26 Å². The van der Waals surface area contributed by atoms with E-state index in [1.165, 1.54) is 6.07 Å². The zero-order valence-electron chi connectivity index (χ0n) is 12.9. The summed E-state index contributed by atoms with van der Waals surface area (Å²) in [4.78, 5) is 12.1. The van der Waals surface area contributed by atoms with Crippen molar-refractivity contribution >= 4 is 5.91 Å². The smallest absolute Gasteiger partial charge is 0.273 e. The van der Waals surface area contributed by atoms with Crippen molar-refractivity contribution in [3.05, 3.63) is 41.3 Å². The molecule has 114 valence electrons. The van der Waals surface area contributed by atoms with Gasteiger partial charge in [-0.15, -0.1) is 0 Å². The Bertz CT molecular complexity index is 771. The van der Waals surface area contributed by atoms with E-state index in [-0.39, 0.29) is 11.5 Å². The summed E-state index contributed by atoms with van der Waals surface area (Å²) < 4.78 is 14.9. The van der Waals surface area contributed by atoms with Crippen LogP contribution in [0.25, 0.3) is 11.3 Å². The molecule has 2 rings (SSSR count). The second kappa shape index (κ2) is 5.60. The minimum atomic E-state index is -0.971. The number of hydrogen-bond donors (Lipinski definition) is 1. The van der Waals surface area contributed by atoms with Crippen LogP contribution in [0.3, 0.4) is 0 Å². The van der Waals surface area contributed by atoms with E-state index in [1.54, 1.807) is 50.7 Å². The molecule has 1 amide bonds. The van der Waals surface area contributed by atoms with Gasteiger partial charge in [0.05, 0.1) is 11.8 Å². The largest absolute Gasteiger partial charge is 0.333 e. The van der Waals surface area contributed by atoms with Gasteiger partial charge >= 0.3 is 0 Å². The van der Waals surface area contributed by atoms with Gasteiger partial charge in [0, 0.05) is 12.6 Å². The average molecular weight is 300 g/mol. The molecule has 0 saturated carbocycles. The molecule has 0 radical (unpaired) electrons. The lowest BCUT2D eigenvalue weighted by Gasteiger charge is -2.16. The fraction of sp³-hybridized carbons (Fsp3) is 0.312. The van der Waals surface area contributed by atoms with Crippen molar-refractivity contribution in [2.45, 2.75) is 26.3 Å². The molecular weight excluding hydrogens is 283 g/mol. The van der Waals surface area contributed by atoms with E-state index in [9.17, 15) is 9.18 Å². The highest BCUT2D eigenvalue weighted by Crippen LogP contribution is 2.22. The Morgan fingerprint density at radius 1 is 1.41 bits per heavy atom. The standard InChI is InChI=1S/C16H17FN4O/c1-10-7-11(5-6-12(10)17)14-8-13(20-21(14)4)15(22)19-16(2,3)9-18/h5-8H,1-4H3,(H,19,22). The molecular formula is C16H17FN4O. The average Bonchev–Trinajstić information content (AvgIpc) is 2.84. The maximum Gasteiger partial charge on any atom is 0.273 e. The Morgan fingerprint density at radius 2 is 2.09 bits per heavy atom. The van der Waals surface area contributed by atoms with Crippen molar-refractivity contribution in [1.82, 2.24) is 15.1 Å². The predicted octanol–water partition coefficient (Wildman–Crippen LogP) is 2.57. The number of nitrogens with zero attached hydrogens (tertiary/aromatic N) is 3. The lowest BCUT2D eigenvalue weighted by molar-refractivity contribution is 0.0923. The minimum Gasteiger partial charge on any atom is -0.333 e. The van der Waals surface area contributed by atoms with Crippen molar-refractivity contribution in [2.24, 2.45) is 7.05 Å². The van der Waals surface area contributed by atoms with Gasteiger partial charge in [0.15, 0.2) is 5.69 Å². The van der Waals surface area contributed by atoms with Gasteiger partial charge in [-0.1, -0.05) is 0 Å². The molecule has 0 unspecified atom stereocenters. The number of carbonyl (C=O) groups is 1. The quantitative estimate of drug-likeness (QED) is 0.947. The molecule has 0 aliphatic rings. The molecule has 22 heavy (non-hydrogen) atoms. The summed E-state index contributed by atoms with van der Waals surface area (Å²) in [5.41, 5.74) is 1.23. The van der Waals surface area contributed by atoms with Crippen LogP contribution in [0.15, 0.2) is 24.3 Å². The van der Waals surface area contributed by atoms with Crippen molar-refractivity contribution in [2.75, 3.05) is 0 Å². The van der Waals surface area contributed by atoms with E-state index >= 15 is 0 Å². The summed E-state index contributed by atoms with van der Waals surface area (Å²) in [5, 5.41) is 15.7. The number of hydrogen-bond acceptors (Lipinski definition) is 3. The maximum absolute atomic E-state index is 13.4. The normalized spacial score (nSPS) is 11.1. The molecule has 2 aromatic rings. The molecule has 1 aromatic heterocycles. The Balaban J connectivity index is 2.34. The van der Waals surface area contributed by atoms with Crippen LogP contribution in [0.4, 0.5) is 4.39 Å². The second-order valence-corrected chi connectivity index (χ2v) is 5.69. The fourth-order valence-electron chi connectivity index (χ4n) is 2.03. The number of rotatable bonds is 3. The summed E-state index contributed by atoms with van der Waals surface area (Å²) in [6.07, 6.45) is 0. The first-order valence-electron chi connectivity index (χ1n) is 6.78. The number of amides is 1. The molecule has 0 saturated heterocycles. The highest BCUT2D eigenvalue weighted by molar-refractivity contribution is 5.94. The molecule has 0 spiro atoms. The van der Waals surface area contributed by atoms with Crippen molar-refractivity contribution in [3.8, 4) is 17.3 Å². The number of carbonyl (C=O) groups excluding carboxylic acids is 1. The van der Waals surface area contributed by atoms with Gasteiger partial charge in [-0.2, -0.15) is 10.4 Å². The highest BCUT2D eigenvalue weighted by atomic mass is 19.1. The molecule has 6 heteroatoms. The lowest BCUT2D eigenvalue weighted by atomic mass is 10.1. The number of aryl methyl sites for hydroxylation is 2. The topological polar surface area (TPSA) is 70.7 Å². The Hall–Kier alpha value is -2.68. The molecule has 1 aromatic carbocycles. The van der Waals surface area contributed by atoms with Crippen LogP contribution < -0.4 is 5.32 Å². The summed E-state index contributed by atoms with van der Waals surface area (Å²) in [5.74, 6) is -0.702. The maximum atomic E-state index is 13.4. The zero-order chi connectivity index (χ0) is 16.5. The molecule has 5 nitrogen and oxygen atoms in total. The first kappa shape index (κ1) is 15.7. The van der Waals surface area contributed by atoms with Crippen molar-refractivity contribution < 1.29 is 9.18 Å². The third-order valence-electron chi connectivity index (χ3n) is 3.27. The SMILES string of the molecule is Cc1cc(-c2cc(C(=O)NC(C)(C)C#N)nn2C)ccc1F. The monoisotopic (exact) mass is 300 g/mol. The van der Waals surface area contributed by atoms with Gasteiger partial charge in [-0.25, -0.2) is 4.39 Å². The minimum absolute atomic E-state index is 0.211. The van der Waals surface area contributed by atoms with Crippen molar-refractivity contribution in [1.29, 1.82) is 5.26 Å². The lowest BCUT2D eigenvalue weighted by Crippen LogP contribution is -2.42. The second-order valence-electron chi connectivity index (χ2n) is 5.69. The van der Waals surface area contributed by atoms with Gasteiger partial charge in [0.2, 0.25) is 0 Å². The molecule has 0 bridgehead atoms. The van der Waals surface area contributed by atoms with Gasteiger partial charge in [0.1, 0.15) is 11.4 Å². The Kier molecular flexibility index (Phi) is 4.00. The van der Waals surface area contributed by atoms with E-state index in [0.717, 1.165) is 5.56 Å². The fourth-order valence-corrected chi connectivity index (χ4v) is 2.03. The number of aromatic nitrogens is 2. The van der Waals surface area contributed by atoms with Gasteiger partial charge in [0.25, 0.3) is 5.91 Å². The number of benzene rings is 1. The van der Waals surface area contributed by atoms with Crippen LogP contribution >= 0.6 is 0 Å². The van der Waals surface area contributed by atoms with E-state index in [2.05, 4.69) is 10.4 Å². The van der Waals surface area contributed by atoms with Gasteiger partial charge < -0.3 is 5.32 Å².